The fraction of sp³-hybridized carbons (Fsp3) is 0.250. The van der Waals surface area contributed by atoms with Gasteiger partial charge in [0.05, 0.1) is 22.3 Å². The Morgan fingerprint density at radius 1 is 0.971 bits per heavy atom. The van der Waals surface area contributed by atoms with Crippen LogP contribution in [-0.2, 0) is 12.8 Å². The maximum atomic E-state index is 13.6. The first-order valence-corrected chi connectivity index (χ1v) is 12.5. The molecule has 0 radical (unpaired) electrons. The third-order valence-electron chi connectivity index (χ3n) is 6.66. The summed E-state index contributed by atoms with van der Waals surface area (Å²) in [5.41, 5.74) is 12.6. The minimum Gasteiger partial charge on any atom is -0.365 e. The van der Waals surface area contributed by atoms with Gasteiger partial charge in [-0.25, -0.2) is 4.98 Å². The van der Waals surface area contributed by atoms with E-state index in [1.165, 1.54) is 22.5 Å². The van der Waals surface area contributed by atoms with Crippen molar-refractivity contribution in [1.29, 1.82) is 0 Å². The number of aromatic nitrogens is 1. The van der Waals surface area contributed by atoms with Crippen LogP contribution in [0.15, 0.2) is 48.5 Å². The number of fused-ring (bicyclic) bond motifs is 2. The number of carbonyl (C=O) groups excluding carboxylic acids is 2. The zero-order chi connectivity index (χ0) is 23.8. The number of hydrogen-bond acceptors (Lipinski definition) is 4. The van der Waals surface area contributed by atoms with E-state index in [2.05, 4.69) is 31.3 Å². The Balaban J connectivity index is 1.59. The number of pyridine rings is 1. The van der Waals surface area contributed by atoms with E-state index in [9.17, 15) is 9.59 Å². The minimum absolute atomic E-state index is 0.261. The summed E-state index contributed by atoms with van der Waals surface area (Å²) in [4.78, 5) is 32.0. The number of carbonyl (C=O) groups is 2. The largest absolute Gasteiger partial charge is 0.365 e. The van der Waals surface area contributed by atoms with Crippen molar-refractivity contribution >= 4 is 39.1 Å². The molecule has 1 aliphatic rings. The summed E-state index contributed by atoms with van der Waals surface area (Å²) in [6.07, 6.45) is 5.02. The molecule has 0 bridgehead atoms. The highest BCUT2D eigenvalue weighted by molar-refractivity contribution is 7.17. The summed E-state index contributed by atoms with van der Waals surface area (Å²) in [6.45, 7) is 4.14. The number of benzene rings is 2. The average molecular weight is 470 g/mol. The van der Waals surface area contributed by atoms with Crippen molar-refractivity contribution in [2.75, 3.05) is 5.32 Å². The molecule has 2 heterocycles. The third kappa shape index (κ3) is 4.10. The molecule has 34 heavy (non-hydrogen) atoms. The maximum Gasteiger partial charge on any atom is 0.257 e. The maximum absolute atomic E-state index is 13.6. The standard InChI is InChI=1S/C28H27N3O2S/c1-16-12-13-18(14-17(16)2)23-15-21(19-8-6-7-10-22(19)30-23)27(33)31-28-25(26(29)32)20-9-4-3-5-11-24(20)34-28/h6-8,10,12-15H,3-5,9,11H2,1-2H3,(H2,29,32)(H,31,33). The van der Waals surface area contributed by atoms with Gasteiger partial charge in [-0.2, -0.15) is 0 Å². The second-order valence-electron chi connectivity index (χ2n) is 8.96. The van der Waals surface area contributed by atoms with E-state index in [4.69, 9.17) is 10.7 Å². The third-order valence-corrected chi connectivity index (χ3v) is 7.87. The van der Waals surface area contributed by atoms with Crippen LogP contribution in [0.5, 0.6) is 0 Å². The van der Waals surface area contributed by atoms with Gasteiger partial charge in [-0.15, -0.1) is 11.3 Å². The van der Waals surface area contributed by atoms with Gasteiger partial charge in [0.2, 0.25) is 0 Å². The Kier molecular flexibility index (Phi) is 5.92. The van der Waals surface area contributed by atoms with E-state index in [-0.39, 0.29) is 5.91 Å². The molecule has 172 valence electrons. The van der Waals surface area contributed by atoms with Gasteiger partial charge in [0.25, 0.3) is 11.8 Å². The quantitative estimate of drug-likeness (QED) is 0.349. The van der Waals surface area contributed by atoms with Crippen molar-refractivity contribution in [3.8, 4) is 11.3 Å². The molecule has 6 heteroatoms. The molecule has 0 spiro atoms. The molecule has 0 fully saturated rings. The molecule has 2 aromatic heterocycles. The van der Waals surface area contributed by atoms with E-state index < -0.39 is 5.91 Å². The van der Waals surface area contributed by atoms with E-state index in [0.717, 1.165) is 64.7 Å². The van der Waals surface area contributed by atoms with Crippen LogP contribution >= 0.6 is 11.3 Å². The van der Waals surface area contributed by atoms with Gasteiger partial charge < -0.3 is 11.1 Å². The summed E-state index contributed by atoms with van der Waals surface area (Å²) in [5.74, 6) is -0.743. The van der Waals surface area contributed by atoms with Gasteiger partial charge in [0, 0.05) is 15.8 Å². The summed E-state index contributed by atoms with van der Waals surface area (Å²) in [6, 6.07) is 15.7. The van der Waals surface area contributed by atoms with Crippen LogP contribution in [0.4, 0.5) is 5.00 Å². The molecule has 4 aromatic rings. The molecule has 0 unspecified atom stereocenters. The number of amides is 2. The monoisotopic (exact) mass is 469 g/mol. The van der Waals surface area contributed by atoms with Crippen LogP contribution in [-0.4, -0.2) is 16.8 Å². The molecule has 2 aromatic carbocycles. The van der Waals surface area contributed by atoms with Crippen LogP contribution in [0, 0.1) is 13.8 Å². The van der Waals surface area contributed by atoms with Crippen LogP contribution in [0.3, 0.4) is 0 Å². The number of primary amides is 1. The van der Waals surface area contributed by atoms with Crippen LogP contribution in [0.25, 0.3) is 22.2 Å². The number of nitrogens with two attached hydrogens (primary N) is 1. The number of rotatable bonds is 4. The second-order valence-corrected chi connectivity index (χ2v) is 10.1. The first-order valence-electron chi connectivity index (χ1n) is 11.7. The minimum atomic E-state index is -0.481. The van der Waals surface area contributed by atoms with Crippen molar-refractivity contribution in [3.05, 3.63) is 81.2 Å². The summed E-state index contributed by atoms with van der Waals surface area (Å²) in [7, 11) is 0. The Morgan fingerprint density at radius 3 is 2.56 bits per heavy atom. The number of para-hydroxylation sites is 1. The molecule has 0 saturated carbocycles. The predicted molar refractivity (Wildman–Crippen MR) is 139 cm³/mol. The van der Waals surface area contributed by atoms with Crippen molar-refractivity contribution in [2.45, 2.75) is 46.0 Å². The van der Waals surface area contributed by atoms with Gasteiger partial charge in [-0.05, 0) is 74.4 Å². The van der Waals surface area contributed by atoms with E-state index >= 15 is 0 Å². The van der Waals surface area contributed by atoms with Crippen LogP contribution in [0.1, 0.15) is 61.5 Å². The fourth-order valence-corrected chi connectivity index (χ4v) is 5.96. The number of aryl methyl sites for hydroxylation is 3. The van der Waals surface area contributed by atoms with Gasteiger partial charge in [-0.3, -0.25) is 9.59 Å². The SMILES string of the molecule is Cc1ccc(-c2cc(C(=O)Nc3sc4c(c3C(N)=O)CCCCC4)c3ccccc3n2)cc1C. The Bertz CT molecular complexity index is 1440. The molecule has 5 nitrogen and oxygen atoms in total. The molecule has 2 amide bonds. The van der Waals surface area contributed by atoms with E-state index in [0.29, 0.717) is 16.1 Å². The first kappa shape index (κ1) is 22.3. The fourth-order valence-electron chi connectivity index (χ4n) is 4.67. The van der Waals surface area contributed by atoms with Crippen LogP contribution < -0.4 is 11.1 Å². The predicted octanol–water partition coefficient (Wildman–Crippen LogP) is 6.20. The summed E-state index contributed by atoms with van der Waals surface area (Å²) >= 11 is 1.49. The molecular formula is C28H27N3O2S. The summed E-state index contributed by atoms with van der Waals surface area (Å²) in [5, 5.41) is 4.35. The lowest BCUT2D eigenvalue weighted by molar-refractivity contribution is 0.100. The Hall–Kier alpha value is -3.51. The lowest BCUT2D eigenvalue weighted by Gasteiger charge is -2.12. The lowest BCUT2D eigenvalue weighted by atomic mass is 10.0. The smallest absolute Gasteiger partial charge is 0.257 e. The highest BCUT2D eigenvalue weighted by Gasteiger charge is 2.25. The highest BCUT2D eigenvalue weighted by Crippen LogP contribution is 2.38. The van der Waals surface area contributed by atoms with Crippen molar-refractivity contribution < 1.29 is 9.59 Å². The van der Waals surface area contributed by atoms with Crippen molar-refractivity contribution in [1.82, 2.24) is 4.98 Å². The highest BCUT2D eigenvalue weighted by atomic mass is 32.1. The molecule has 5 rings (SSSR count). The molecular weight excluding hydrogens is 442 g/mol. The number of nitrogens with zero attached hydrogens (tertiary/aromatic N) is 1. The lowest BCUT2D eigenvalue weighted by Crippen LogP contribution is -2.18. The number of anilines is 1. The average Bonchev–Trinajstić information content (AvgIpc) is 3.00. The van der Waals surface area contributed by atoms with Gasteiger partial charge in [0.15, 0.2) is 0 Å². The number of nitrogens with one attached hydrogen (secondary N) is 1. The van der Waals surface area contributed by atoms with Gasteiger partial charge >= 0.3 is 0 Å². The first-order chi connectivity index (χ1) is 16.4. The van der Waals surface area contributed by atoms with Gasteiger partial charge in [0.1, 0.15) is 5.00 Å². The molecule has 1 aliphatic carbocycles. The topological polar surface area (TPSA) is 85.1 Å². The molecule has 0 atom stereocenters. The van der Waals surface area contributed by atoms with E-state index in [1.807, 2.05) is 36.4 Å². The number of hydrogen-bond donors (Lipinski definition) is 2. The molecule has 3 N–H and O–H groups in total. The second kappa shape index (κ2) is 9.03. The Morgan fingerprint density at radius 2 is 1.76 bits per heavy atom. The Labute approximate surface area is 203 Å². The van der Waals surface area contributed by atoms with Crippen LogP contribution in [0.2, 0.25) is 0 Å². The zero-order valence-corrected chi connectivity index (χ0v) is 20.2. The molecule has 0 aliphatic heterocycles. The van der Waals surface area contributed by atoms with Crippen molar-refractivity contribution in [3.63, 3.8) is 0 Å². The zero-order valence-electron chi connectivity index (χ0n) is 19.4. The van der Waals surface area contributed by atoms with E-state index in [1.54, 1.807) is 0 Å². The normalized spacial score (nSPS) is 13.4. The summed E-state index contributed by atoms with van der Waals surface area (Å²) < 4.78 is 0. The van der Waals surface area contributed by atoms with Crippen molar-refractivity contribution in [2.24, 2.45) is 5.73 Å². The number of thiophene rings is 1. The molecule has 0 saturated heterocycles. The van der Waals surface area contributed by atoms with Gasteiger partial charge in [-0.1, -0.05) is 36.8 Å².